The van der Waals surface area contributed by atoms with E-state index in [1.54, 1.807) is 6.92 Å². The monoisotopic (exact) mass is 162 g/mol. The number of rotatable bonds is 4. The molecule has 0 aromatic heterocycles. The van der Waals surface area contributed by atoms with Crippen molar-refractivity contribution >= 4 is 12.0 Å². The molecule has 2 amide bonds. The maximum atomic E-state index is 10.4. The summed E-state index contributed by atoms with van der Waals surface area (Å²) in [6, 6.07) is 0. The van der Waals surface area contributed by atoms with Crippen LogP contribution in [0.15, 0.2) is 0 Å². The first kappa shape index (κ1) is 9.70. The molecule has 0 saturated heterocycles. The van der Waals surface area contributed by atoms with Gasteiger partial charge in [-0.05, 0) is 6.92 Å². The van der Waals surface area contributed by atoms with E-state index in [0.29, 0.717) is 0 Å². The normalized spacial score (nSPS) is 8.82. The number of hydrogen-bond acceptors (Lipinski definition) is 4. The van der Waals surface area contributed by atoms with Crippen LogP contribution in [0.4, 0.5) is 4.79 Å². The molecule has 6 heteroatoms. The number of carbonyl (C=O) groups is 2. The molecule has 0 fully saturated rings. The van der Waals surface area contributed by atoms with Crippen molar-refractivity contribution in [3.05, 3.63) is 0 Å². The van der Waals surface area contributed by atoms with Gasteiger partial charge in [0.2, 0.25) is 5.91 Å². The summed E-state index contributed by atoms with van der Waals surface area (Å²) in [4.78, 5) is 24.8. The molecule has 0 spiro atoms. The van der Waals surface area contributed by atoms with E-state index in [-0.39, 0.29) is 13.2 Å². The summed E-state index contributed by atoms with van der Waals surface area (Å²) >= 11 is 0. The van der Waals surface area contributed by atoms with Gasteiger partial charge in [-0.1, -0.05) is 0 Å². The zero-order valence-electron chi connectivity index (χ0n) is 6.12. The maximum Gasteiger partial charge on any atom is 0.431 e. The van der Waals surface area contributed by atoms with E-state index in [9.17, 15) is 9.59 Å². The Morgan fingerprint density at radius 3 is 2.64 bits per heavy atom. The van der Waals surface area contributed by atoms with Crippen LogP contribution in [-0.2, 0) is 14.4 Å². The highest BCUT2D eigenvalue weighted by Gasteiger charge is 1.99. The lowest BCUT2D eigenvalue weighted by molar-refractivity contribution is -0.124. The first-order valence-corrected chi connectivity index (χ1v) is 2.99. The average molecular weight is 162 g/mol. The van der Waals surface area contributed by atoms with E-state index >= 15 is 0 Å². The van der Waals surface area contributed by atoms with Gasteiger partial charge in [-0.15, -0.1) is 0 Å². The minimum Gasteiger partial charge on any atom is -0.448 e. The number of amides is 2. The van der Waals surface area contributed by atoms with Crippen LogP contribution in [0.1, 0.15) is 6.92 Å². The molecule has 0 radical (unpaired) electrons. The van der Waals surface area contributed by atoms with Gasteiger partial charge in [-0.2, -0.15) is 5.48 Å². The van der Waals surface area contributed by atoms with Crippen LogP contribution in [0.2, 0.25) is 0 Å². The van der Waals surface area contributed by atoms with Crippen LogP contribution >= 0.6 is 0 Å². The minimum atomic E-state index is -0.742. The average Bonchev–Trinajstić information content (AvgIpc) is 1.87. The van der Waals surface area contributed by atoms with Crippen LogP contribution in [-0.4, -0.2) is 25.2 Å². The zero-order valence-corrected chi connectivity index (χ0v) is 6.12. The summed E-state index contributed by atoms with van der Waals surface area (Å²) in [5.74, 6) is -0.665. The summed E-state index contributed by atoms with van der Waals surface area (Å²) < 4.78 is 4.40. The predicted octanol–water partition coefficient (Wildman–Crippen LogP) is -0.851. The highest BCUT2D eigenvalue weighted by atomic mass is 16.7. The number of nitrogens with two attached hydrogens (primary N) is 1. The SMILES string of the molecule is CCOC(=O)NOCC(N)=O. The van der Waals surface area contributed by atoms with Gasteiger partial charge in [0.1, 0.15) is 0 Å². The summed E-state index contributed by atoms with van der Waals surface area (Å²) in [6.45, 7) is 1.53. The Hall–Kier alpha value is -1.30. The summed E-state index contributed by atoms with van der Waals surface area (Å²) in [6.07, 6.45) is -0.742. The van der Waals surface area contributed by atoms with E-state index < -0.39 is 12.0 Å². The Bertz CT molecular complexity index is 147. The van der Waals surface area contributed by atoms with Gasteiger partial charge in [0, 0.05) is 0 Å². The molecule has 0 atom stereocenters. The molecule has 0 aliphatic carbocycles. The number of carbonyl (C=O) groups excluding carboxylic acids is 2. The first-order chi connectivity index (χ1) is 5.16. The Morgan fingerprint density at radius 2 is 2.18 bits per heavy atom. The van der Waals surface area contributed by atoms with Crippen LogP contribution < -0.4 is 11.2 Å². The van der Waals surface area contributed by atoms with Gasteiger partial charge in [-0.25, -0.2) is 4.79 Å². The van der Waals surface area contributed by atoms with Crippen LogP contribution in [0.5, 0.6) is 0 Å². The fourth-order valence-electron chi connectivity index (χ4n) is 0.327. The molecule has 0 bridgehead atoms. The molecule has 11 heavy (non-hydrogen) atoms. The maximum absolute atomic E-state index is 10.4. The summed E-state index contributed by atoms with van der Waals surface area (Å²) in [7, 11) is 0. The second-order valence-electron chi connectivity index (χ2n) is 1.58. The predicted molar refractivity (Wildman–Crippen MR) is 35.3 cm³/mol. The fraction of sp³-hybridized carbons (Fsp3) is 0.600. The Morgan fingerprint density at radius 1 is 1.55 bits per heavy atom. The van der Waals surface area contributed by atoms with Gasteiger partial charge < -0.3 is 10.5 Å². The van der Waals surface area contributed by atoms with Crippen molar-refractivity contribution in [1.82, 2.24) is 5.48 Å². The van der Waals surface area contributed by atoms with Crippen molar-refractivity contribution in [3.8, 4) is 0 Å². The fourth-order valence-corrected chi connectivity index (χ4v) is 0.327. The van der Waals surface area contributed by atoms with Crippen molar-refractivity contribution in [3.63, 3.8) is 0 Å². The number of hydroxylamine groups is 1. The molecule has 0 unspecified atom stereocenters. The lowest BCUT2D eigenvalue weighted by Crippen LogP contribution is -2.29. The van der Waals surface area contributed by atoms with E-state index in [2.05, 4.69) is 9.57 Å². The topological polar surface area (TPSA) is 90.7 Å². The highest BCUT2D eigenvalue weighted by Crippen LogP contribution is 1.75. The molecule has 0 aliphatic heterocycles. The third kappa shape index (κ3) is 6.59. The van der Waals surface area contributed by atoms with Gasteiger partial charge >= 0.3 is 6.09 Å². The van der Waals surface area contributed by atoms with Gasteiger partial charge in [-0.3, -0.25) is 9.63 Å². The van der Waals surface area contributed by atoms with Crippen molar-refractivity contribution < 1.29 is 19.2 Å². The highest BCUT2D eigenvalue weighted by molar-refractivity contribution is 5.75. The summed E-state index contributed by atoms with van der Waals surface area (Å²) in [5.41, 5.74) is 6.55. The Kier molecular flexibility index (Phi) is 4.83. The first-order valence-electron chi connectivity index (χ1n) is 2.99. The molecule has 0 saturated carbocycles. The number of nitrogens with one attached hydrogen (secondary N) is 1. The smallest absolute Gasteiger partial charge is 0.431 e. The summed E-state index contributed by atoms with van der Waals surface area (Å²) in [5, 5.41) is 0. The molecule has 0 aromatic rings. The molecule has 0 heterocycles. The largest absolute Gasteiger partial charge is 0.448 e. The van der Waals surface area contributed by atoms with E-state index in [4.69, 9.17) is 5.73 Å². The molecule has 0 aliphatic rings. The molecule has 0 aromatic carbocycles. The molecule has 3 N–H and O–H groups in total. The van der Waals surface area contributed by atoms with Crippen LogP contribution in [0, 0.1) is 0 Å². The van der Waals surface area contributed by atoms with E-state index in [0.717, 1.165) is 0 Å². The van der Waals surface area contributed by atoms with Gasteiger partial charge in [0.25, 0.3) is 0 Å². The second kappa shape index (κ2) is 5.48. The van der Waals surface area contributed by atoms with Gasteiger partial charge in [0.05, 0.1) is 6.61 Å². The van der Waals surface area contributed by atoms with Gasteiger partial charge in [0.15, 0.2) is 6.61 Å². The zero-order chi connectivity index (χ0) is 8.69. The van der Waals surface area contributed by atoms with Crippen LogP contribution in [0.25, 0.3) is 0 Å². The van der Waals surface area contributed by atoms with E-state index in [1.165, 1.54) is 0 Å². The molecule has 0 rings (SSSR count). The number of ether oxygens (including phenoxy) is 1. The third-order valence-corrected chi connectivity index (χ3v) is 0.645. The third-order valence-electron chi connectivity index (χ3n) is 0.645. The van der Waals surface area contributed by atoms with Crippen molar-refractivity contribution in [2.45, 2.75) is 6.92 Å². The molecular formula is C5H10N2O4. The number of primary amides is 1. The van der Waals surface area contributed by atoms with Crippen LogP contribution in [0.3, 0.4) is 0 Å². The van der Waals surface area contributed by atoms with Crippen molar-refractivity contribution in [2.24, 2.45) is 5.73 Å². The number of hydrogen-bond donors (Lipinski definition) is 2. The van der Waals surface area contributed by atoms with Crippen molar-refractivity contribution in [1.29, 1.82) is 0 Å². The van der Waals surface area contributed by atoms with Crippen molar-refractivity contribution in [2.75, 3.05) is 13.2 Å². The molecule has 6 nitrogen and oxygen atoms in total. The second-order valence-corrected chi connectivity index (χ2v) is 1.58. The Balaban J connectivity index is 3.24. The molecular weight excluding hydrogens is 152 g/mol. The van der Waals surface area contributed by atoms with E-state index in [1.807, 2.05) is 5.48 Å². The lowest BCUT2D eigenvalue weighted by Gasteiger charge is -2.02. The Labute approximate surface area is 63.6 Å². The lowest BCUT2D eigenvalue weighted by atomic mass is 10.7. The standard InChI is InChI=1S/C5H10N2O4/c1-2-10-5(9)7-11-3-4(6)8/h2-3H2,1H3,(H2,6,8)(H,7,9). The quantitative estimate of drug-likeness (QED) is 0.527. The molecule has 64 valence electrons. The minimum absolute atomic E-state index is 0.242.